The molecule has 0 amide bonds. The minimum atomic E-state index is 0.379. The number of hydrogen-bond donors (Lipinski definition) is 1. The first-order valence-corrected chi connectivity index (χ1v) is 6.63. The quantitative estimate of drug-likeness (QED) is 0.810. The molecular weight excluding hydrogens is 224 g/mol. The maximum Gasteiger partial charge on any atom is 0.129 e. The molecule has 1 unspecified atom stereocenters. The summed E-state index contributed by atoms with van der Waals surface area (Å²) in [5.41, 5.74) is 6.73. The zero-order valence-electron chi connectivity index (χ0n) is 10.4. The van der Waals surface area contributed by atoms with Crippen LogP contribution in [-0.2, 0) is 0 Å². The van der Waals surface area contributed by atoms with Crippen molar-refractivity contribution in [3.63, 3.8) is 0 Å². The van der Waals surface area contributed by atoms with Gasteiger partial charge in [0.2, 0.25) is 0 Å². The lowest BCUT2D eigenvalue weighted by molar-refractivity contribution is 0.271. The Morgan fingerprint density at radius 3 is 3.00 bits per heavy atom. The van der Waals surface area contributed by atoms with Gasteiger partial charge in [-0.15, -0.1) is 0 Å². The van der Waals surface area contributed by atoms with E-state index in [9.17, 15) is 0 Å². The van der Waals surface area contributed by atoms with Gasteiger partial charge in [0.25, 0.3) is 0 Å². The largest absolute Gasteiger partial charge is 0.356 e. The van der Waals surface area contributed by atoms with Crippen LogP contribution in [-0.4, -0.2) is 24.1 Å². The van der Waals surface area contributed by atoms with Crippen molar-refractivity contribution in [1.82, 2.24) is 4.98 Å². The van der Waals surface area contributed by atoms with Crippen LogP contribution < -0.4 is 10.6 Å². The fourth-order valence-electron chi connectivity index (χ4n) is 3.32. The first-order chi connectivity index (χ1) is 8.76. The van der Waals surface area contributed by atoms with Gasteiger partial charge in [0.05, 0.1) is 11.6 Å². The van der Waals surface area contributed by atoms with Crippen molar-refractivity contribution >= 4 is 5.82 Å². The monoisotopic (exact) mass is 242 g/mol. The third kappa shape index (κ3) is 2.06. The Hall–Kier alpha value is -1.60. The average molecular weight is 242 g/mol. The summed E-state index contributed by atoms with van der Waals surface area (Å²) >= 11 is 0. The first kappa shape index (κ1) is 11.5. The average Bonchev–Trinajstić information content (AvgIpc) is 2.81. The number of nitrogens with two attached hydrogens (primary N) is 1. The normalized spacial score (nSPS) is 30.9. The van der Waals surface area contributed by atoms with E-state index >= 15 is 0 Å². The summed E-state index contributed by atoms with van der Waals surface area (Å²) in [6.45, 7) is 2.11. The van der Waals surface area contributed by atoms with E-state index in [0.717, 1.165) is 37.7 Å². The van der Waals surface area contributed by atoms with Gasteiger partial charge in [-0.25, -0.2) is 4.98 Å². The van der Waals surface area contributed by atoms with Crippen LogP contribution in [0.4, 0.5) is 5.82 Å². The Morgan fingerprint density at radius 2 is 2.17 bits per heavy atom. The molecule has 3 rings (SSSR count). The van der Waals surface area contributed by atoms with E-state index in [4.69, 9.17) is 11.0 Å². The molecule has 94 valence electrons. The van der Waals surface area contributed by atoms with E-state index in [-0.39, 0.29) is 0 Å². The van der Waals surface area contributed by atoms with Crippen LogP contribution >= 0.6 is 0 Å². The molecule has 1 aliphatic carbocycles. The van der Waals surface area contributed by atoms with E-state index in [0.29, 0.717) is 17.5 Å². The predicted octanol–water partition coefficient (Wildman–Crippen LogP) is 1.52. The van der Waals surface area contributed by atoms with Crippen LogP contribution in [0, 0.1) is 23.2 Å². The molecular formula is C14H18N4. The lowest BCUT2D eigenvalue weighted by atomic mass is 9.79. The minimum absolute atomic E-state index is 0.379. The molecule has 0 spiro atoms. The molecule has 4 heteroatoms. The molecule has 0 radical (unpaired) electrons. The summed E-state index contributed by atoms with van der Waals surface area (Å²) < 4.78 is 0. The number of nitrogens with zero attached hydrogens (tertiary/aromatic N) is 3. The zero-order valence-corrected chi connectivity index (χ0v) is 10.4. The Morgan fingerprint density at radius 1 is 1.33 bits per heavy atom. The molecule has 1 aromatic heterocycles. The number of hydrogen-bond acceptors (Lipinski definition) is 4. The molecule has 2 heterocycles. The fourth-order valence-corrected chi connectivity index (χ4v) is 3.32. The van der Waals surface area contributed by atoms with Crippen molar-refractivity contribution < 1.29 is 0 Å². The molecule has 2 fully saturated rings. The van der Waals surface area contributed by atoms with Gasteiger partial charge in [-0.2, -0.15) is 5.26 Å². The molecule has 1 saturated heterocycles. The molecule has 1 saturated carbocycles. The standard InChI is InChI=1S/C14H18N4/c15-7-10-3-4-17-14(5-10)18-8-11-1-2-13(16)6-12(11)9-18/h3-5,11-13H,1-2,6,8-9,16H2/t11-,12+,13?/m1/s1. The van der Waals surface area contributed by atoms with Crippen LogP contribution in [0.2, 0.25) is 0 Å². The SMILES string of the molecule is N#Cc1ccnc(N2C[C@H]3CCC(N)C[C@H]3C2)c1. The third-order valence-electron chi connectivity index (χ3n) is 4.29. The Kier molecular flexibility index (Phi) is 2.92. The van der Waals surface area contributed by atoms with E-state index in [1.807, 2.05) is 6.07 Å². The highest BCUT2D eigenvalue weighted by molar-refractivity contribution is 5.46. The first-order valence-electron chi connectivity index (χ1n) is 6.63. The molecule has 0 aromatic carbocycles. The van der Waals surface area contributed by atoms with E-state index < -0.39 is 0 Å². The Labute approximate surface area is 107 Å². The molecule has 1 aromatic rings. The van der Waals surface area contributed by atoms with E-state index in [1.165, 1.54) is 6.42 Å². The van der Waals surface area contributed by atoms with Crippen LogP contribution in [0.1, 0.15) is 24.8 Å². The molecule has 3 atom stereocenters. The highest BCUT2D eigenvalue weighted by Crippen LogP contribution is 2.37. The lowest BCUT2D eigenvalue weighted by Gasteiger charge is -2.27. The molecule has 18 heavy (non-hydrogen) atoms. The predicted molar refractivity (Wildman–Crippen MR) is 70.0 cm³/mol. The number of fused-ring (bicyclic) bond motifs is 1. The number of anilines is 1. The number of rotatable bonds is 1. The number of pyridine rings is 1. The molecule has 2 aliphatic rings. The summed E-state index contributed by atoms with van der Waals surface area (Å²) in [5.74, 6) is 2.41. The van der Waals surface area contributed by atoms with Crippen LogP contribution in [0.3, 0.4) is 0 Å². The second-order valence-corrected chi connectivity index (χ2v) is 5.51. The zero-order chi connectivity index (χ0) is 12.5. The maximum absolute atomic E-state index is 8.93. The van der Waals surface area contributed by atoms with Gasteiger partial charge >= 0.3 is 0 Å². The Balaban J connectivity index is 1.77. The highest BCUT2D eigenvalue weighted by atomic mass is 15.2. The van der Waals surface area contributed by atoms with E-state index in [1.54, 1.807) is 12.3 Å². The summed E-state index contributed by atoms with van der Waals surface area (Å²) in [7, 11) is 0. The third-order valence-corrected chi connectivity index (χ3v) is 4.29. The summed E-state index contributed by atoms with van der Waals surface area (Å²) in [5, 5.41) is 8.93. The topological polar surface area (TPSA) is 65.9 Å². The Bertz CT molecular complexity index is 479. The van der Waals surface area contributed by atoms with Crippen molar-refractivity contribution in [1.29, 1.82) is 5.26 Å². The summed E-state index contributed by atoms with van der Waals surface area (Å²) in [6, 6.07) is 6.19. The van der Waals surface area contributed by atoms with Crippen molar-refractivity contribution in [2.45, 2.75) is 25.3 Å². The molecule has 1 aliphatic heterocycles. The van der Waals surface area contributed by atoms with Crippen molar-refractivity contribution in [2.24, 2.45) is 17.6 Å². The minimum Gasteiger partial charge on any atom is -0.356 e. The van der Waals surface area contributed by atoms with Crippen LogP contribution in [0.25, 0.3) is 0 Å². The van der Waals surface area contributed by atoms with Crippen molar-refractivity contribution in [2.75, 3.05) is 18.0 Å². The lowest BCUT2D eigenvalue weighted by Crippen LogP contribution is -2.32. The van der Waals surface area contributed by atoms with Crippen LogP contribution in [0.5, 0.6) is 0 Å². The van der Waals surface area contributed by atoms with Crippen molar-refractivity contribution in [3.8, 4) is 6.07 Å². The van der Waals surface area contributed by atoms with Gasteiger partial charge in [-0.05, 0) is 43.2 Å². The summed E-state index contributed by atoms with van der Waals surface area (Å²) in [4.78, 5) is 6.70. The smallest absolute Gasteiger partial charge is 0.129 e. The van der Waals surface area contributed by atoms with Gasteiger partial charge in [-0.3, -0.25) is 0 Å². The van der Waals surface area contributed by atoms with Gasteiger partial charge < -0.3 is 10.6 Å². The second kappa shape index (κ2) is 4.58. The van der Waals surface area contributed by atoms with Gasteiger partial charge in [0.1, 0.15) is 5.82 Å². The van der Waals surface area contributed by atoms with Gasteiger partial charge in [-0.1, -0.05) is 0 Å². The van der Waals surface area contributed by atoms with Crippen LogP contribution in [0.15, 0.2) is 18.3 Å². The van der Waals surface area contributed by atoms with Gasteiger partial charge in [0, 0.05) is 25.3 Å². The molecule has 4 nitrogen and oxygen atoms in total. The second-order valence-electron chi connectivity index (χ2n) is 5.51. The van der Waals surface area contributed by atoms with Crippen molar-refractivity contribution in [3.05, 3.63) is 23.9 Å². The molecule has 2 N–H and O–H groups in total. The fraction of sp³-hybridized carbons (Fsp3) is 0.571. The molecule has 0 bridgehead atoms. The maximum atomic E-state index is 8.93. The van der Waals surface area contributed by atoms with E-state index in [2.05, 4.69) is 16.0 Å². The number of aromatic nitrogens is 1. The van der Waals surface area contributed by atoms with Gasteiger partial charge in [0.15, 0.2) is 0 Å². The highest BCUT2D eigenvalue weighted by Gasteiger charge is 2.37. The summed E-state index contributed by atoms with van der Waals surface area (Å²) in [6.07, 6.45) is 5.25. The number of nitriles is 1.